The molecule has 0 atom stereocenters. The highest BCUT2D eigenvalue weighted by Crippen LogP contribution is 2.19. The van der Waals surface area contributed by atoms with Crippen LogP contribution >= 0.6 is 11.8 Å². The second-order valence-corrected chi connectivity index (χ2v) is 3.47. The molecular weight excluding hydrogens is 204 g/mol. The summed E-state index contributed by atoms with van der Waals surface area (Å²) in [7, 11) is 1.80. The van der Waals surface area contributed by atoms with E-state index in [0.29, 0.717) is 17.6 Å². The molecule has 74 valence electrons. The molecule has 7 nitrogen and oxygen atoms in total. The molecule has 0 unspecified atom stereocenters. The number of aromatic nitrogens is 5. The molecule has 0 aliphatic carbocycles. The van der Waals surface area contributed by atoms with Crippen molar-refractivity contribution in [3.8, 4) is 0 Å². The van der Waals surface area contributed by atoms with Gasteiger partial charge in [0.1, 0.15) is 0 Å². The normalized spacial score (nSPS) is 10.6. The minimum absolute atomic E-state index is 0.387. The molecule has 8 heteroatoms. The molecule has 0 aromatic carbocycles. The number of rotatable bonds is 3. The number of nitrogens with zero attached hydrogens (tertiary/aromatic N) is 5. The second-order valence-electron chi connectivity index (χ2n) is 2.52. The maximum absolute atomic E-state index is 5.51. The summed E-state index contributed by atoms with van der Waals surface area (Å²) in [4.78, 5) is 3.88. The van der Waals surface area contributed by atoms with Crippen LogP contribution in [-0.2, 0) is 12.8 Å². The number of hydrogen-bond acceptors (Lipinski definition) is 7. The fraction of sp³-hybridized carbons (Fsp3) is 0.333. The minimum atomic E-state index is 0.387. The van der Waals surface area contributed by atoms with Crippen LogP contribution in [0.4, 0.5) is 5.95 Å². The maximum Gasteiger partial charge on any atom is 0.236 e. The molecule has 2 rings (SSSR count). The zero-order chi connectivity index (χ0) is 9.97. The van der Waals surface area contributed by atoms with Crippen LogP contribution in [0, 0.1) is 0 Å². The van der Waals surface area contributed by atoms with E-state index in [1.54, 1.807) is 11.6 Å². The minimum Gasteiger partial charge on any atom is -0.368 e. The standard InChI is InChI=1S/C6H8N6OS/c1-12-5(7)10-11-6(12)14-2-4-8-3-9-13-4/h3H,2H2,1H3,(H2,7,10). The first-order valence-corrected chi connectivity index (χ1v) is 4.79. The molecule has 0 saturated carbocycles. The average molecular weight is 212 g/mol. The summed E-state index contributed by atoms with van der Waals surface area (Å²) in [6.45, 7) is 0. The number of nitrogen functional groups attached to an aromatic ring is 1. The summed E-state index contributed by atoms with van der Waals surface area (Å²) in [5, 5.41) is 11.8. The van der Waals surface area contributed by atoms with Gasteiger partial charge in [-0.3, -0.25) is 4.57 Å². The number of hydrogen-bond donors (Lipinski definition) is 1. The molecule has 0 spiro atoms. The van der Waals surface area contributed by atoms with Crippen molar-refractivity contribution in [1.29, 1.82) is 0 Å². The molecule has 0 fully saturated rings. The van der Waals surface area contributed by atoms with Gasteiger partial charge in [0.25, 0.3) is 0 Å². The first kappa shape index (κ1) is 9.00. The Morgan fingerprint density at radius 1 is 1.57 bits per heavy atom. The highest BCUT2D eigenvalue weighted by atomic mass is 32.2. The van der Waals surface area contributed by atoms with Gasteiger partial charge in [0.15, 0.2) is 11.5 Å². The molecule has 0 radical (unpaired) electrons. The molecule has 0 aliphatic heterocycles. The molecule has 0 saturated heterocycles. The predicted molar refractivity (Wildman–Crippen MR) is 49.3 cm³/mol. The van der Waals surface area contributed by atoms with E-state index in [2.05, 4.69) is 20.3 Å². The zero-order valence-corrected chi connectivity index (χ0v) is 8.23. The Hall–Kier alpha value is -1.57. The SMILES string of the molecule is Cn1c(N)nnc1SCc1ncno1. The Morgan fingerprint density at radius 2 is 2.43 bits per heavy atom. The fourth-order valence-corrected chi connectivity index (χ4v) is 1.60. The van der Waals surface area contributed by atoms with Crippen LogP contribution in [0.1, 0.15) is 5.89 Å². The van der Waals surface area contributed by atoms with Gasteiger partial charge in [0.2, 0.25) is 11.8 Å². The van der Waals surface area contributed by atoms with E-state index in [4.69, 9.17) is 10.3 Å². The van der Waals surface area contributed by atoms with Crippen molar-refractivity contribution in [1.82, 2.24) is 24.9 Å². The van der Waals surface area contributed by atoms with E-state index in [-0.39, 0.29) is 0 Å². The number of anilines is 1. The van der Waals surface area contributed by atoms with Gasteiger partial charge in [0, 0.05) is 7.05 Å². The van der Waals surface area contributed by atoms with E-state index in [0.717, 1.165) is 5.16 Å². The Kier molecular flexibility index (Phi) is 2.35. The molecule has 14 heavy (non-hydrogen) atoms. The van der Waals surface area contributed by atoms with E-state index in [1.165, 1.54) is 18.1 Å². The van der Waals surface area contributed by atoms with Crippen molar-refractivity contribution in [3.63, 3.8) is 0 Å². The number of thioether (sulfide) groups is 1. The molecule has 0 bridgehead atoms. The van der Waals surface area contributed by atoms with E-state index < -0.39 is 0 Å². The molecular formula is C6H8N6OS. The van der Waals surface area contributed by atoms with Crippen molar-refractivity contribution >= 4 is 17.7 Å². The molecule has 0 aliphatic rings. The zero-order valence-electron chi connectivity index (χ0n) is 7.41. The van der Waals surface area contributed by atoms with E-state index in [9.17, 15) is 0 Å². The molecule has 2 aromatic rings. The molecule has 2 N–H and O–H groups in total. The lowest BCUT2D eigenvalue weighted by molar-refractivity contribution is 0.390. The van der Waals surface area contributed by atoms with E-state index in [1.807, 2.05) is 0 Å². The lowest BCUT2D eigenvalue weighted by Crippen LogP contribution is -1.98. The Labute approximate surface area is 83.7 Å². The van der Waals surface area contributed by atoms with Gasteiger partial charge in [-0.25, -0.2) is 0 Å². The lowest BCUT2D eigenvalue weighted by atomic mass is 10.8. The van der Waals surface area contributed by atoms with Crippen molar-refractivity contribution < 1.29 is 4.52 Å². The van der Waals surface area contributed by atoms with Gasteiger partial charge >= 0.3 is 0 Å². The molecule has 2 aromatic heterocycles. The van der Waals surface area contributed by atoms with Gasteiger partial charge in [-0.1, -0.05) is 16.9 Å². The van der Waals surface area contributed by atoms with Crippen LogP contribution in [0.3, 0.4) is 0 Å². The lowest BCUT2D eigenvalue weighted by Gasteiger charge is -1.97. The summed E-state index contributed by atoms with van der Waals surface area (Å²) in [5.41, 5.74) is 5.51. The van der Waals surface area contributed by atoms with Gasteiger partial charge < -0.3 is 10.3 Å². The first-order valence-electron chi connectivity index (χ1n) is 3.80. The van der Waals surface area contributed by atoms with Crippen molar-refractivity contribution in [2.45, 2.75) is 10.9 Å². The Bertz CT molecular complexity index is 410. The topological polar surface area (TPSA) is 95.7 Å². The van der Waals surface area contributed by atoms with Crippen molar-refractivity contribution in [2.24, 2.45) is 7.05 Å². The average Bonchev–Trinajstić information content (AvgIpc) is 2.77. The largest absolute Gasteiger partial charge is 0.368 e. The van der Waals surface area contributed by atoms with Gasteiger partial charge in [0.05, 0.1) is 5.75 Å². The van der Waals surface area contributed by atoms with E-state index >= 15 is 0 Å². The quantitative estimate of drug-likeness (QED) is 0.719. The highest BCUT2D eigenvalue weighted by Gasteiger charge is 2.08. The fourth-order valence-electron chi connectivity index (χ4n) is 0.838. The summed E-state index contributed by atoms with van der Waals surface area (Å²) < 4.78 is 6.53. The molecule has 0 amide bonds. The third kappa shape index (κ3) is 1.69. The van der Waals surface area contributed by atoms with Gasteiger partial charge in [-0.2, -0.15) is 4.98 Å². The van der Waals surface area contributed by atoms with Crippen LogP contribution in [0.25, 0.3) is 0 Å². The predicted octanol–water partition coefficient (Wildman–Crippen LogP) is 0.0726. The Balaban J connectivity index is 2.02. The van der Waals surface area contributed by atoms with Crippen molar-refractivity contribution in [3.05, 3.63) is 12.2 Å². The second kappa shape index (κ2) is 3.66. The van der Waals surface area contributed by atoms with Crippen LogP contribution in [0.15, 0.2) is 16.0 Å². The van der Waals surface area contributed by atoms with Crippen LogP contribution < -0.4 is 5.73 Å². The summed E-state index contributed by atoms with van der Waals surface area (Å²) in [5.74, 6) is 1.50. The van der Waals surface area contributed by atoms with Crippen molar-refractivity contribution in [2.75, 3.05) is 5.73 Å². The maximum atomic E-state index is 5.51. The molecule has 2 heterocycles. The Morgan fingerprint density at radius 3 is 3.00 bits per heavy atom. The smallest absolute Gasteiger partial charge is 0.236 e. The first-order chi connectivity index (χ1) is 6.77. The van der Waals surface area contributed by atoms with Gasteiger partial charge in [-0.05, 0) is 0 Å². The summed E-state index contributed by atoms with van der Waals surface area (Å²) in [6, 6.07) is 0. The third-order valence-electron chi connectivity index (χ3n) is 1.60. The summed E-state index contributed by atoms with van der Waals surface area (Å²) in [6.07, 6.45) is 1.36. The number of nitrogens with two attached hydrogens (primary N) is 1. The summed E-state index contributed by atoms with van der Waals surface area (Å²) >= 11 is 1.44. The third-order valence-corrected chi connectivity index (χ3v) is 2.61. The van der Waals surface area contributed by atoms with Crippen LogP contribution in [-0.4, -0.2) is 24.9 Å². The monoisotopic (exact) mass is 212 g/mol. The van der Waals surface area contributed by atoms with Crippen LogP contribution in [0.2, 0.25) is 0 Å². The van der Waals surface area contributed by atoms with Gasteiger partial charge in [-0.15, -0.1) is 10.2 Å². The van der Waals surface area contributed by atoms with Crippen LogP contribution in [0.5, 0.6) is 0 Å². The highest BCUT2D eigenvalue weighted by molar-refractivity contribution is 7.98.